The van der Waals surface area contributed by atoms with Crippen molar-refractivity contribution in [3.8, 4) is 10.6 Å². The van der Waals surface area contributed by atoms with Crippen LogP contribution >= 0.6 is 11.3 Å². The number of benzene rings is 1. The average molecular weight is 177 g/mol. The first-order valence-electron chi connectivity index (χ1n) is 3.73. The molecule has 0 fully saturated rings. The third-order valence-electron chi connectivity index (χ3n) is 1.59. The highest BCUT2D eigenvalue weighted by atomic mass is 32.1. The zero-order valence-corrected chi connectivity index (χ0v) is 7.58. The second-order valence-corrected chi connectivity index (χ2v) is 3.40. The third kappa shape index (κ3) is 1.36. The lowest BCUT2D eigenvalue weighted by atomic mass is 10.2. The maximum Gasteiger partial charge on any atom is 0.253 e. The van der Waals surface area contributed by atoms with Crippen molar-refractivity contribution in [1.82, 2.24) is 5.10 Å². The summed E-state index contributed by atoms with van der Waals surface area (Å²) < 4.78 is 1.83. The van der Waals surface area contributed by atoms with Gasteiger partial charge >= 0.3 is 0 Å². The first kappa shape index (κ1) is 7.43. The average Bonchev–Trinajstić information content (AvgIpc) is 2.54. The molecule has 2 nitrogen and oxygen atoms in total. The molecule has 0 amide bonds. The summed E-state index contributed by atoms with van der Waals surface area (Å²) in [5, 5.41) is 5.38. The van der Waals surface area contributed by atoms with E-state index >= 15 is 0 Å². The van der Waals surface area contributed by atoms with Gasteiger partial charge in [0.15, 0.2) is 12.1 Å². The molecular weight excluding hydrogens is 168 g/mol. The summed E-state index contributed by atoms with van der Waals surface area (Å²) in [4.78, 5) is 0. The maximum atomic E-state index is 4.32. The lowest BCUT2D eigenvalue weighted by molar-refractivity contribution is -0.724. The molecule has 0 aliphatic heterocycles. The van der Waals surface area contributed by atoms with Crippen LogP contribution in [0, 0.1) is 0 Å². The van der Waals surface area contributed by atoms with Crippen LogP contribution in [0.25, 0.3) is 10.6 Å². The van der Waals surface area contributed by atoms with E-state index in [4.69, 9.17) is 0 Å². The highest BCUT2D eigenvalue weighted by Crippen LogP contribution is 2.18. The maximum absolute atomic E-state index is 4.32. The summed E-state index contributed by atoms with van der Waals surface area (Å²) in [5.41, 5.74) is 3.17. The third-order valence-corrected chi connectivity index (χ3v) is 2.54. The second kappa shape index (κ2) is 3.03. The SMILES string of the molecule is C[n+]1csc(-c2ccccc2)n1. The molecule has 2 rings (SSSR count). The molecule has 0 bridgehead atoms. The van der Waals surface area contributed by atoms with Crippen LogP contribution in [0.3, 0.4) is 0 Å². The first-order chi connectivity index (χ1) is 5.86. The Kier molecular flexibility index (Phi) is 1.87. The van der Waals surface area contributed by atoms with E-state index in [0.717, 1.165) is 5.01 Å². The van der Waals surface area contributed by atoms with Gasteiger partial charge in [-0.05, 0) is 11.3 Å². The number of aryl methyl sites for hydroxylation is 1. The fraction of sp³-hybridized carbons (Fsp3) is 0.111. The lowest BCUT2D eigenvalue weighted by Gasteiger charge is -1.88. The van der Waals surface area contributed by atoms with E-state index in [0.29, 0.717) is 0 Å². The van der Waals surface area contributed by atoms with Gasteiger partial charge in [-0.3, -0.25) is 0 Å². The van der Waals surface area contributed by atoms with Crippen LogP contribution < -0.4 is 4.68 Å². The molecule has 0 spiro atoms. The van der Waals surface area contributed by atoms with Crippen LogP contribution in [0.15, 0.2) is 35.8 Å². The van der Waals surface area contributed by atoms with E-state index < -0.39 is 0 Å². The molecule has 12 heavy (non-hydrogen) atoms. The molecule has 3 heteroatoms. The molecule has 2 aromatic rings. The van der Waals surface area contributed by atoms with Crippen LogP contribution in [0.4, 0.5) is 0 Å². The van der Waals surface area contributed by atoms with Gasteiger partial charge in [-0.25, -0.2) is 0 Å². The molecule has 1 aromatic carbocycles. The Morgan fingerprint density at radius 3 is 2.58 bits per heavy atom. The number of aromatic nitrogens is 2. The predicted octanol–water partition coefficient (Wildman–Crippen LogP) is 1.63. The standard InChI is InChI=1S/C9H9N2S/c1-11-7-12-9(10-11)8-5-3-2-4-6-8/h2-7H,1H3/q+1. The van der Waals surface area contributed by atoms with Crippen LogP contribution in [0.5, 0.6) is 0 Å². The van der Waals surface area contributed by atoms with Crippen molar-refractivity contribution in [3.63, 3.8) is 0 Å². The highest BCUT2D eigenvalue weighted by Gasteiger charge is 2.05. The quantitative estimate of drug-likeness (QED) is 0.605. The molecule has 0 aliphatic rings. The normalized spacial score (nSPS) is 10.1. The van der Waals surface area contributed by atoms with Gasteiger partial charge in [0.1, 0.15) is 0 Å². The van der Waals surface area contributed by atoms with Crippen LogP contribution in [0.2, 0.25) is 0 Å². The van der Waals surface area contributed by atoms with Gasteiger partial charge < -0.3 is 0 Å². The zero-order valence-electron chi connectivity index (χ0n) is 6.77. The smallest absolute Gasteiger partial charge is 0.0825 e. The van der Waals surface area contributed by atoms with Gasteiger partial charge in [0.2, 0.25) is 0 Å². The van der Waals surface area contributed by atoms with Gasteiger partial charge in [0, 0.05) is 10.7 Å². The molecule has 1 aromatic heterocycles. The van der Waals surface area contributed by atoms with Crippen LogP contribution in [-0.4, -0.2) is 5.10 Å². The number of rotatable bonds is 1. The monoisotopic (exact) mass is 177 g/mol. The van der Waals surface area contributed by atoms with Crippen molar-refractivity contribution < 1.29 is 4.68 Å². The summed E-state index contributed by atoms with van der Waals surface area (Å²) in [6.45, 7) is 0. The summed E-state index contributed by atoms with van der Waals surface area (Å²) in [7, 11) is 1.93. The molecule has 0 unspecified atom stereocenters. The van der Waals surface area contributed by atoms with Crippen LogP contribution in [-0.2, 0) is 7.05 Å². The summed E-state index contributed by atoms with van der Waals surface area (Å²) in [6.07, 6.45) is 0. The van der Waals surface area contributed by atoms with Crippen LogP contribution in [0.1, 0.15) is 0 Å². The van der Waals surface area contributed by atoms with Crippen molar-refractivity contribution in [2.75, 3.05) is 0 Å². The zero-order chi connectivity index (χ0) is 8.39. The minimum absolute atomic E-state index is 1.07. The summed E-state index contributed by atoms with van der Waals surface area (Å²) >= 11 is 1.65. The summed E-state index contributed by atoms with van der Waals surface area (Å²) in [6, 6.07) is 10.2. The predicted molar refractivity (Wildman–Crippen MR) is 48.7 cm³/mol. The minimum atomic E-state index is 1.07. The summed E-state index contributed by atoms with van der Waals surface area (Å²) in [5.74, 6) is 0. The van der Waals surface area contributed by atoms with Crippen molar-refractivity contribution in [3.05, 3.63) is 35.8 Å². The Morgan fingerprint density at radius 2 is 2.00 bits per heavy atom. The van der Waals surface area contributed by atoms with Gasteiger partial charge in [-0.2, -0.15) is 0 Å². The Hall–Kier alpha value is -1.22. The molecule has 0 saturated heterocycles. The topological polar surface area (TPSA) is 16.8 Å². The molecule has 0 aliphatic carbocycles. The van der Waals surface area contributed by atoms with E-state index in [2.05, 4.69) is 17.2 Å². The lowest BCUT2D eigenvalue weighted by Crippen LogP contribution is -2.28. The number of nitrogens with zero attached hydrogens (tertiary/aromatic N) is 2. The minimum Gasteiger partial charge on any atom is -0.0825 e. The molecule has 0 saturated carbocycles. The van der Waals surface area contributed by atoms with Gasteiger partial charge in [-0.15, -0.1) is 0 Å². The van der Waals surface area contributed by atoms with E-state index in [1.54, 1.807) is 11.3 Å². The molecule has 0 N–H and O–H groups in total. The fourth-order valence-electron chi connectivity index (χ4n) is 1.02. The van der Waals surface area contributed by atoms with E-state index in [1.165, 1.54) is 5.56 Å². The Morgan fingerprint density at radius 1 is 1.25 bits per heavy atom. The van der Waals surface area contributed by atoms with Crippen molar-refractivity contribution in [1.29, 1.82) is 0 Å². The molecular formula is C9H9N2S+. The second-order valence-electron chi connectivity index (χ2n) is 2.57. The molecule has 0 atom stereocenters. The first-order valence-corrected chi connectivity index (χ1v) is 4.61. The number of hydrogen-bond donors (Lipinski definition) is 0. The van der Waals surface area contributed by atoms with E-state index in [1.807, 2.05) is 35.4 Å². The molecule has 0 radical (unpaired) electrons. The fourth-order valence-corrected chi connectivity index (χ4v) is 1.77. The van der Waals surface area contributed by atoms with Crippen molar-refractivity contribution in [2.45, 2.75) is 0 Å². The van der Waals surface area contributed by atoms with Crippen molar-refractivity contribution in [2.24, 2.45) is 7.05 Å². The Bertz CT molecular complexity index is 367. The Balaban J connectivity index is 2.45. The van der Waals surface area contributed by atoms with Gasteiger partial charge in [0.25, 0.3) is 5.51 Å². The largest absolute Gasteiger partial charge is 0.253 e. The number of hydrogen-bond acceptors (Lipinski definition) is 2. The molecule has 60 valence electrons. The van der Waals surface area contributed by atoms with Gasteiger partial charge in [-0.1, -0.05) is 35.0 Å². The van der Waals surface area contributed by atoms with Gasteiger partial charge in [0.05, 0.1) is 0 Å². The van der Waals surface area contributed by atoms with Crippen molar-refractivity contribution >= 4 is 11.3 Å². The Labute approximate surface area is 75.1 Å². The highest BCUT2D eigenvalue weighted by molar-refractivity contribution is 7.12. The van der Waals surface area contributed by atoms with E-state index in [-0.39, 0.29) is 0 Å². The van der Waals surface area contributed by atoms with E-state index in [9.17, 15) is 0 Å². The molecule has 1 heterocycles.